The highest BCUT2D eigenvalue weighted by Gasteiger charge is 2.15. The first kappa shape index (κ1) is 15.8. The number of fused-ring (bicyclic) bond motifs is 1. The molecular formula is C17H13N3O3S. The zero-order chi connectivity index (χ0) is 17.3. The number of aryl methyl sites for hydroxylation is 1. The summed E-state index contributed by atoms with van der Waals surface area (Å²) in [6.07, 6.45) is 0. The Kier molecular flexibility index (Phi) is 3.83. The lowest BCUT2D eigenvalue weighted by Crippen LogP contribution is -2.16. The van der Waals surface area contributed by atoms with E-state index in [-0.39, 0.29) is 10.5 Å². The SMILES string of the molecule is Cn1c(=O)ccc2cc(S(=O)(=O)Nc3ccc(C#N)cc3)ccc21. The van der Waals surface area contributed by atoms with Gasteiger partial charge >= 0.3 is 0 Å². The molecule has 120 valence electrons. The van der Waals surface area contributed by atoms with Crippen LogP contribution in [0.1, 0.15) is 5.56 Å². The molecule has 24 heavy (non-hydrogen) atoms. The summed E-state index contributed by atoms with van der Waals surface area (Å²) in [5.74, 6) is 0. The van der Waals surface area contributed by atoms with Crippen LogP contribution in [0, 0.1) is 11.3 Å². The van der Waals surface area contributed by atoms with E-state index in [1.165, 1.54) is 47.0 Å². The van der Waals surface area contributed by atoms with Gasteiger partial charge in [0.1, 0.15) is 0 Å². The van der Waals surface area contributed by atoms with Crippen molar-refractivity contribution in [2.45, 2.75) is 4.90 Å². The highest BCUT2D eigenvalue weighted by molar-refractivity contribution is 7.92. The van der Waals surface area contributed by atoms with Gasteiger partial charge in [-0.1, -0.05) is 0 Å². The third-order valence-corrected chi connectivity index (χ3v) is 5.05. The minimum absolute atomic E-state index is 0.0954. The standard InChI is InChI=1S/C17H13N3O3S/c1-20-16-8-7-15(10-13(16)4-9-17(20)21)24(22,23)19-14-5-2-12(11-18)3-6-14/h2-10,19H,1H3. The Morgan fingerprint density at radius 3 is 2.42 bits per heavy atom. The first-order chi connectivity index (χ1) is 11.4. The fourth-order valence-electron chi connectivity index (χ4n) is 2.36. The fourth-order valence-corrected chi connectivity index (χ4v) is 3.45. The minimum Gasteiger partial charge on any atom is -0.311 e. The molecule has 0 atom stereocenters. The summed E-state index contributed by atoms with van der Waals surface area (Å²) in [5.41, 5.74) is 1.31. The van der Waals surface area contributed by atoms with Crippen LogP contribution in [0.3, 0.4) is 0 Å². The Bertz CT molecular complexity index is 1120. The van der Waals surface area contributed by atoms with E-state index in [0.717, 1.165) is 0 Å². The molecule has 0 fully saturated rings. The van der Waals surface area contributed by atoms with Gasteiger partial charge in [0.15, 0.2) is 0 Å². The maximum Gasteiger partial charge on any atom is 0.261 e. The van der Waals surface area contributed by atoms with E-state index in [9.17, 15) is 13.2 Å². The van der Waals surface area contributed by atoms with Crippen LogP contribution < -0.4 is 10.3 Å². The molecule has 0 aliphatic rings. The molecule has 0 radical (unpaired) electrons. The number of rotatable bonds is 3. The molecule has 0 unspecified atom stereocenters. The predicted octanol–water partition coefficient (Wildman–Crippen LogP) is 2.21. The van der Waals surface area contributed by atoms with Gasteiger partial charge in [0.05, 0.1) is 22.0 Å². The second-order valence-corrected chi connectivity index (χ2v) is 6.93. The van der Waals surface area contributed by atoms with Crippen molar-refractivity contribution in [3.8, 4) is 6.07 Å². The lowest BCUT2D eigenvalue weighted by Gasteiger charge is -2.10. The molecule has 0 spiro atoms. The maximum absolute atomic E-state index is 12.5. The number of nitriles is 1. The van der Waals surface area contributed by atoms with Gasteiger partial charge in [0.25, 0.3) is 15.6 Å². The van der Waals surface area contributed by atoms with Crippen molar-refractivity contribution in [1.29, 1.82) is 5.26 Å². The molecule has 3 aromatic rings. The van der Waals surface area contributed by atoms with Crippen LogP contribution in [0.25, 0.3) is 10.9 Å². The predicted molar refractivity (Wildman–Crippen MR) is 91.2 cm³/mol. The monoisotopic (exact) mass is 339 g/mol. The minimum atomic E-state index is -3.77. The van der Waals surface area contributed by atoms with Crippen molar-refractivity contribution < 1.29 is 8.42 Å². The average Bonchev–Trinajstić information content (AvgIpc) is 2.58. The molecule has 1 aromatic heterocycles. The number of benzene rings is 2. The molecule has 0 aliphatic carbocycles. The Hall–Kier alpha value is -3.11. The number of sulfonamides is 1. The summed E-state index contributed by atoms with van der Waals surface area (Å²) in [6.45, 7) is 0. The van der Waals surface area contributed by atoms with Crippen molar-refractivity contribution >= 4 is 26.6 Å². The highest BCUT2D eigenvalue weighted by atomic mass is 32.2. The molecule has 3 rings (SSSR count). The van der Waals surface area contributed by atoms with Gasteiger partial charge in [-0.25, -0.2) is 8.42 Å². The van der Waals surface area contributed by atoms with Crippen LogP contribution in [-0.2, 0) is 17.1 Å². The Morgan fingerprint density at radius 2 is 1.75 bits per heavy atom. The van der Waals surface area contributed by atoms with Crippen LogP contribution in [0.4, 0.5) is 5.69 Å². The van der Waals surface area contributed by atoms with Crippen molar-refractivity contribution in [3.05, 3.63) is 70.5 Å². The first-order valence-corrected chi connectivity index (χ1v) is 8.52. The molecular weight excluding hydrogens is 326 g/mol. The van der Waals surface area contributed by atoms with E-state index in [1.54, 1.807) is 19.2 Å². The maximum atomic E-state index is 12.5. The molecule has 0 aliphatic heterocycles. The van der Waals surface area contributed by atoms with E-state index in [4.69, 9.17) is 5.26 Å². The van der Waals surface area contributed by atoms with Crippen molar-refractivity contribution in [3.63, 3.8) is 0 Å². The summed E-state index contributed by atoms with van der Waals surface area (Å²) < 4.78 is 28.9. The van der Waals surface area contributed by atoms with Crippen molar-refractivity contribution in [2.24, 2.45) is 7.05 Å². The molecule has 0 saturated heterocycles. The van der Waals surface area contributed by atoms with Crippen LogP contribution in [-0.4, -0.2) is 13.0 Å². The van der Waals surface area contributed by atoms with E-state index in [2.05, 4.69) is 4.72 Å². The Morgan fingerprint density at radius 1 is 1.04 bits per heavy atom. The molecule has 0 saturated carbocycles. The Labute approximate surface area is 138 Å². The van der Waals surface area contributed by atoms with Gasteiger partial charge in [0, 0.05) is 18.8 Å². The van der Waals surface area contributed by atoms with E-state index >= 15 is 0 Å². The summed E-state index contributed by atoms with van der Waals surface area (Å²) in [6, 6.07) is 15.7. The Balaban J connectivity index is 2.00. The van der Waals surface area contributed by atoms with E-state index in [1.807, 2.05) is 6.07 Å². The second kappa shape index (κ2) is 5.83. The summed E-state index contributed by atoms with van der Waals surface area (Å²) >= 11 is 0. The molecule has 7 heteroatoms. The van der Waals surface area contributed by atoms with Gasteiger partial charge in [-0.3, -0.25) is 9.52 Å². The van der Waals surface area contributed by atoms with Crippen LogP contribution >= 0.6 is 0 Å². The zero-order valence-electron chi connectivity index (χ0n) is 12.7. The van der Waals surface area contributed by atoms with Gasteiger partial charge in [-0.2, -0.15) is 5.26 Å². The number of nitrogens with zero attached hydrogens (tertiary/aromatic N) is 2. The topological polar surface area (TPSA) is 92.0 Å². The molecule has 0 bridgehead atoms. The first-order valence-electron chi connectivity index (χ1n) is 7.03. The quantitative estimate of drug-likeness (QED) is 0.792. The van der Waals surface area contributed by atoms with Gasteiger partial charge in [-0.05, 0) is 53.9 Å². The summed E-state index contributed by atoms with van der Waals surface area (Å²) in [7, 11) is -2.13. The summed E-state index contributed by atoms with van der Waals surface area (Å²) in [4.78, 5) is 11.7. The smallest absolute Gasteiger partial charge is 0.261 e. The van der Waals surface area contributed by atoms with Gasteiger partial charge < -0.3 is 4.57 Å². The van der Waals surface area contributed by atoms with Crippen molar-refractivity contribution in [1.82, 2.24) is 4.57 Å². The normalized spacial score (nSPS) is 11.2. The number of hydrogen-bond donors (Lipinski definition) is 1. The number of aromatic nitrogens is 1. The third-order valence-electron chi connectivity index (χ3n) is 3.67. The van der Waals surface area contributed by atoms with Crippen LogP contribution in [0.2, 0.25) is 0 Å². The lowest BCUT2D eigenvalue weighted by molar-refractivity contribution is 0.601. The number of nitrogens with one attached hydrogen (secondary N) is 1. The number of pyridine rings is 1. The molecule has 0 amide bonds. The van der Waals surface area contributed by atoms with Gasteiger partial charge in [-0.15, -0.1) is 0 Å². The lowest BCUT2D eigenvalue weighted by atomic mass is 10.2. The molecule has 1 N–H and O–H groups in total. The number of anilines is 1. The molecule has 6 nitrogen and oxygen atoms in total. The average molecular weight is 339 g/mol. The van der Waals surface area contributed by atoms with Crippen molar-refractivity contribution in [2.75, 3.05) is 4.72 Å². The third kappa shape index (κ3) is 2.87. The summed E-state index contributed by atoms with van der Waals surface area (Å²) in [5, 5.41) is 9.42. The molecule has 2 aromatic carbocycles. The van der Waals surface area contributed by atoms with Gasteiger partial charge in [0.2, 0.25) is 0 Å². The second-order valence-electron chi connectivity index (χ2n) is 5.25. The molecule has 1 heterocycles. The van der Waals surface area contributed by atoms with E-state index in [0.29, 0.717) is 22.2 Å². The van der Waals surface area contributed by atoms with Crippen LogP contribution in [0.5, 0.6) is 0 Å². The van der Waals surface area contributed by atoms with Crippen LogP contribution in [0.15, 0.2) is 64.3 Å². The largest absolute Gasteiger partial charge is 0.311 e. The number of hydrogen-bond acceptors (Lipinski definition) is 4. The fraction of sp³-hybridized carbons (Fsp3) is 0.0588. The van der Waals surface area contributed by atoms with E-state index < -0.39 is 10.0 Å². The zero-order valence-corrected chi connectivity index (χ0v) is 13.5. The highest BCUT2D eigenvalue weighted by Crippen LogP contribution is 2.20.